The minimum absolute atomic E-state index is 0.238. The lowest BCUT2D eigenvalue weighted by atomic mass is 10.2. The molecule has 5 heteroatoms. The zero-order valence-electron chi connectivity index (χ0n) is 11.7. The van der Waals surface area contributed by atoms with Crippen LogP contribution in [0.1, 0.15) is 12.5 Å². The van der Waals surface area contributed by atoms with Crippen LogP contribution in [0.5, 0.6) is 17.2 Å². The van der Waals surface area contributed by atoms with Crippen molar-refractivity contribution in [3.05, 3.63) is 47.0 Å². The van der Waals surface area contributed by atoms with Gasteiger partial charge in [-0.1, -0.05) is 29.8 Å². The van der Waals surface area contributed by atoms with Crippen molar-refractivity contribution < 1.29 is 14.2 Å². The van der Waals surface area contributed by atoms with Crippen molar-refractivity contribution in [3.63, 3.8) is 0 Å². The monoisotopic (exact) mass is 305 g/mol. The van der Waals surface area contributed by atoms with Crippen LogP contribution < -0.4 is 19.5 Å². The molecule has 0 unspecified atom stereocenters. The largest absolute Gasteiger partial charge is 0.494 e. The van der Waals surface area contributed by atoms with Gasteiger partial charge >= 0.3 is 0 Å². The van der Waals surface area contributed by atoms with Gasteiger partial charge in [0.1, 0.15) is 5.75 Å². The molecular weight excluding hydrogens is 290 g/mol. The van der Waals surface area contributed by atoms with Crippen molar-refractivity contribution in [2.75, 3.05) is 18.7 Å². The SMILES string of the molecule is CCOc1ccccc1CNc1cc2c(cc1Cl)OCO2. The lowest BCUT2D eigenvalue weighted by Gasteiger charge is -2.13. The molecule has 1 aliphatic heterocycles. The Morgan fingerprint density at radius 3 is 2.76 bits per heavy atom. The third-order valence-corrected chi connectivity index (χ3v) is 3.52. The van der Waals surface area contributed by atoms with Gasteiger partial charge in [-0.15, -0.1) is 0 Å². The summed E-state index contributed by atoms with van der Waals surface area (Å²) in [5, 5.41) is 3.92. The summed E-state index contributed by atoms with van der Waals surface area (Å²) >= 11 is 6.25. The van der Waals surface area contributed by atoms with Gasteiger partial charge < -0.3 is 19.5 Å². The van der Waals surface area contributed by atoms with Crippen LogP contribution in [0, 0.1) is 0 Å². The molecule has 4 nitrogen and oxygen atoms in total. The van der Waals surface area contributed by atoms with Gasteiger partial charge in [-0.2, -0.15) is 0 Å². The highest BCUT2D eigenvalue weighted by Gasteiger charge is 2.16. The van der Waals surface area contributed by atoms with Crippen molar-refractivity contribution in [2.45, 2.75) is 13.5 Å². The standard InChI is InChI=1S/C16H16ClNO3/c1-2-19-14-6-4-3-5-11(14)9-18-13-8-16-15(7-12(13)17)20-10-21-16/h3-8,18H,2,9-10H2,1H3. The number of benzene rings is 2. The third kappa shape index (κ3) is 3.00. The summed E-state index contributed by atoms with van der Waals surface area (Å²) in [5.74, 6) is 2.27. The number of rotatable bonds is 5. The van der Waals surface area contributed by atoms with E-state index in [4.69, 9.17) is 25.8 Å². The van der Waals surface area contributed by atoms with Gasteiger partial charge in [0.25, 0.3) is 0 Å². The van der Waals surface area contributed by atoms with E-state index >= 15 is 0 Å². The molecule has 0 atom stereocenters. The van der Waals surface area contributed by atoms with Crippen LogP contribution in [0.25, 0.3) is 0 Å². The average Bonchev–Trinajstić information content (AvgIpc) is 2.93. The summed E-state index contributed by atoms with van der Waals surface area (Å²) < 4.78 is 16.3. The number of para-hydroxylation sites is 1. The zero-order chi connectivity index (χ0) is 14.7. The Hall–Kier alpha value is -2.07. The summed E-state index contributed by atoms with van der Waals surface area (Å²) in [5.41, 5.74) is 1.89. The molecular formula is C16H16ClNO3. The fourth-order valence-corrected chi connectivity index (χ4v) is 2.41. The summed E-state index contributed by atoms with van der Waals surface area (Å²) in [7, 11) is 0. The Morgan fingerprint density at radius 1 is 1.19 bits per heavy atom. The van der Waals surface area contributed by atoms with Gasteiger partial charge in [0.05, 0.1) is 17.3 Å². The van der Waals surface area contributed by atoms with E-state index in [2.05, 4.69) is 5.32 Å². The number of fused-ring (bicyclic) bond motifs is 1. The van der Waals surface area contributed by atoms with Crippen LogP contribution in [0.2, 0.25) is 5.02 Å². The predicted molar refractivity (Wildman–Crippen MR) is 82.5 cm³/mol. The normalized spacial score (nSPS) is 12.3. The van der Waals surface area contributed by atoms with E-state index in [1.54, 1.807) is 6.07 Å². The quantitative estimate of drug-likeness (QED) is 0.903. The number of anilines is 1. The van der Waals surface area contributed by atoms with Gasteiger partial charge in [-0.3, -0.25) is 0 Å². The smallest absolute Gasteiger partial charge is 0.231 e. The molecule has 1 N–H and O–H groups in total. The molecule has 0 saturated heterocycles. The number of hydrogen-bond acceptors (Lipinski definition) is 4. The first kappa shape index (κ1) is 13.9. The summed E-state index contributed by atoms with van der Waals surface area (Å²) in [4.78, 5) is 0. The van der Waals surface area contributed by atoms with Crippen molar-refractivity contribution in [1.29, 1.82) is 0 Å². The van der Waals surface area contributed by atoms with Gasteiger partial charge in [0, 0.05) is 24.2 Å². The Balaban J connectivity index is 1.76. The van der Waals surface area contributed by atoms with Gasteiger partial charge in [0.15, 0.2) is 11.5 Å². The van der Waals surface area contributed by atoms with Gasteiger partial charge in [-0.25, -0.2) is 0 Å². The maximum atomic E-state index is 6.25. The number of ether oxygens (including phenoxy) is 3. The molecule has 0 aliphatic carbocycles. The minimum atomic E-state index is 0.238. The molecule has 0 bridgehead atoms. The molecule has 0 fully saturated rings. The highest BCUT2D eigenvalue weighted by molar-refractivity contribution is 6.33. The topological polar surface area (TPSA) is 39.7 Å². The lowest BCUT2D eigenvalue weighted by Crippen LogP contribution is -2.03. The Bertz CT molecular complexity index is 645. The van der Waals surface area contributed by atoms with E-state index < -0.39 is 0 Å². The molecule has 21 heavy (non-hydrogen) atoms. The molecule has 2 aromatic carbocycles. The highest BCUT2D eigenvalue weighted by Crippen LogP contribution is 2.39. The molecule has 2 aromatic rings. The second kappa shape index (κ2) is 6.14. The fraction of sp³-hybridized carbons (Fsp3) is 0.250. The molecule has 1 aliphatic rings. The van der Waals surface area contributed by atoms with Crippen LogP contribution in [0.3, 0.4) is 0 Å². The zero-order valence-corrected chi connectivity index (χ0v) is 12.4. The molecule has 1 heterocycles. The van der Waals surface area contributed by atoms with Crippen LogP contribution in [-0.4, -0.2) is 13.4 Å². The Labute approximate surface area is 128 Å². The van der Waals surface area contributed by atoms with E-state index in [1.165, 1.54) is 0 Å². The Morgan fingerprint density at radius 2 is 1.95 bits per heavy atom. The number of nitrogens with one attached hydrogen (secondary N) is 1. The second-order valence-corrected chi connectivity index (χ2v) is 4.99. The molecule has 0 aromatic heterocycles. The molecule has 3 rings (SSSR count). The van der Waals surface area contributed by atoms with Gasteiger partial charge in [0.2, 0.25) is 6.79 Å². The van der Waals surface area contributed by atoms with Crippen molar-refractivity contribution >= 4 is 17.3 Å². The van der Waals surface area contributed by atoms with Crippen LogP contribution in [-0.2, 0) is 6.54 Å². The van der Waals surface area contributed by atoms with Crippen molar-refractivity contribution in [3.8, 4) is 17.2 Å². The predicted octanol–water partition coefficient (Wildman–Crippen LogP) is 4.08. The van der Waals surface area contributed by atoms with Crippen molar-refractivity contribution in [1.82, 2.24) is 0 Å². The average molecular weight is 306 g/mol. The maximum Gasteiger partial charge on any atom is 0.231 e. The van der Waals surface area contributed by atoms with Crippen LogP contribution in [0.4, 0.5) is 5.69 Å². The molecule has 0 spiro atoms. The molecule has 0 amide bonds. The lowest BCUT2D eigenvalue weighted by molar-refractivity contribution is 0.174. The molecule has 0 radical (unpaired) electrons. The Kier molecular flexibility index (Phi) is 4.06. The molecule has 0 saturated carbocycles. The second-order valence-electron chi connectivity index (χ2n) is 4.58. The summed E-state index contributed by atoms with van der Waals surface area (Å²) in [6, 6.07) is 11.6. The highest BCUT2D eigenvalue weighted by atomic mass is 35.5. The van der Waals surface area contributed by atoms with E-state index in [1.807, 2.05) is 37.3 Å². The summed E-state index contributed by atoms with van der Waals surface area (Å²) in [6.07, 6.45) is 0. The van der Waals surface area contributed by atoms with E-state index in [9.17, 15) is 0 Å². The number of hydrogen-bond donors (Lipinski definition) is 1. The molecule has 110 valence electrons. The van der Waals surface area contributed by atoms with E-state index in [0.29, 0.717) is 29.7 Å². The first-order valence-electron chi connectivity index (χ1n) is 6.81. The first-order valence-corrected chi connectivity index (χ1v) is 7.19. The number of halogens is 1. The first-order chi connectivity index (χ1) is 10.3. The van der Waals surface area contributed by atoms with E-state index in [0.717, 1.165) is 17.0 Å². The minimum Gasteiger partial charge on any atom is -0.494 e. The third-order valence-electron chi connectivity index (χ3n) is 3.20. The fourth-order valence-electron chi connectivity index (χ4n) is 2.19. The summed E-state index contributed by atoms with van der Waals surface area (Å²) in [6.45, 7) is 3.47. The van der Waals surface area contributed by atoms with Crippen molar-refractivity contribution in [2.24, 2.45) is 0 Å². The van der Waals surface area contributed by atoms with Crippen LogP contribution in [0.15, 0.2) is 36.4 Å². The van der Waals surface area contributed by atoms with E-state index in [-0.39, 0.29) is 6.79 Å². The maximum absolute atomic E-state index is 6.25. The van der Waals surface area contributed by atoms with Gasteiger partial charge in [-0.05, 0) is 13.0 Å². The van der Waals surface area contributed by atoms with Crippen LogP contribution >= 0.6 is 11.6 Å².